The summed E-state index contributed by atoms with van der Waals surface area (Å²) in [6.45, 7) is 2.00. The van der Waals surface area contributed by atoms with Crippen LogP contribution in [0.3, 0.4) is 0 Å². The Balaban J connectivity index is 2.31. The maximum Gasteiger partial charge on any atom is 0.306 e. The Morgan fingerprint density at radius 2 is 2.20 bits per heavy atom. The fourth-order valence-electron chi connectivity index (χ4n) is 1.87. The van der Waals surface area contributed by atoms with Crippen LogP contribution >= 0.6 is 11.3 Å². The first kappa shape index (κ1) is 14.6. The van der Waals surface area contributed by atoms with Gasteiger partial charge in [0.1, 0.15) is 5.01 Å². The quantitative estimate of drug-likeness (QED) is 0.793. The highest BCUT2D eigenvalue weighted by atomic mass is 32.1. The summed E-state index contributed by atoms with van der Waals surface area (Å²) in [5, 5.41) is 2.44. The van der Waals surface area contributed by atoms with Crippen LogP contribution in [0.4, 0.5) is 8.78 Å². The molecule has 20 heavy (non-hydrogen) atoms. The molecule has 106 valence electrons. The lowest BCUT2D eigenvalue weighted by atomic mass is 9.96. The lowest BCUT2D eigenvalue weighted by Gasteiger charge is -2.14. The summed E-state index contributed by atoms with van der Waals surface area (Å²) in [6, 6.07) is 3.61. The van der Waals surface area contributed by atoms with Crippen LogP contribution in [-0.4, -0.2) is 17.6 Å². The molecule has 2 rings (SSSR count). The average Bonchev–Trinajstić information content (AvgIpc) is 2.93. The zero-order valence-corrected chi connectivity index (χ0v) is 11.6. The minimum Gasteiger partial charge on any atom is -0.466 e. The number of carbonyl (C=O) groups excluding carboxylic acids is 1. The van der Waals surface area contributed by atoms with E-state index in [-0.39, 0.29) is 13.0 Å². The zero-order valence-electron chi connectivity index (χ0n) is 10.8. The van der Waals surface area contributed by atoms with Crippen LogP contribution in [0.2, 0.25) is 0 Å². The lowest BCUT2D eigenvalue weighted by Crippen LogP contribution is -2.12. The number of hydrogen-bond donors (Lipinski definition) is 0. The summed E-state index contributed by atoms with van der Waals surface area (Å²) in [7, 11) is 0. The molecule has 1 heterocycles. The second kappa shape index (κ2) is 6.56. The molecule has 0 aliphatic carbocycles. The third kappa shape index (κ3) is 3.39. The van der Waals surface area contributed by atoms with E-state index >= 15 is 0 Å². The fraction of sp³-hybridized carbons (Fsp3) is 0.286. The van der Waals surface area contributed by atoms with E-state index in [1.807, 2.05) is 0 Å². The van der Waals surface area contributed by atoms with Crippen molar-refractivity contribution in [2.45, 2.75) is 19.3 Å². The Bertz CT molecular complexity index is 587. The van der Waals surface area contributed by atoms with Gasteiger partial charge in [-0.3, -0.25) is 4.79 Å². The van der Waals surface area contributed by atoms with Gasteiger partial charge in [-0.25, -0.2) is 13.8 Å². The lowest BCUT2D eigenvalue weighted by molar-refractivity contribution is -0.143. The van der Waals surface area contributed by atoms with Crippen LogP contribution in [0.5, 0.6) is 0 Å². The molecule has 0 fully saturated rings. The highest BCUT2D eigenvalue weighted by Crippen LogP contribution is 2.30. The zero-order chi connectivity index (χ0) is 14.5. The van der Waals surface area contributed by atoms with E-state index in [2.05, 4.69) is 4.98 Å². The monoisotopic (exact) mass is 297 g/mol. The Morgan fingerprint density at radius 1 is 1.40 bits per heavy atom. The Hall–Kier alpha value is -1.82. The van der Waals surface area contributed by atoms with Gasteiger partial charge in [-0.15, -0.1) is 11.3 Å². The van der Waals surface area contributed by atoms with Crippen LogP contribution in [0.25, 0.3) is 0 Å². The second-order valence-corrected chi connectivity index (χ2v) is 5.03. The first-order valence-electron chi connectivity index (χ1n) is 6.11. The molecule has 0 saturated carbocycles. The number of rotatable bonds is 5. The summed E-state index contributed by atoms with van der Waals surface area (Å²) in [5.41, 5.74) is 0.506. The van der Waals surface area contributed by atoms with Crippen molar-refractivity contribution < 1.29 is 18.3 Å². The number of halogens is 2. The van der Waals surface area contributed by atoms with Crippen LogP contribution in [0.15, 0.2) is 29.8 Å². The van der Waals surface area contributed by atoms with Crippen LogP contribution in [0.1, 0.15) is 29.8 Å². The molecule has 2 aromatic rings. The molecule has 0 aliphatic rings. The van der Waals surface area contributed by atoms with Gasteiger partial charge in [-0.2, -0.15) is 0 Å². The van der Waals surface area contributed by atoms with Gasteiger partial charge in [0.2, 0.25) is 0 Å². The minimum absolute atomic E-state index is 0.0480. The Kier molecular flexibility index (Phi) is 4.79. The van der Waals surface area contributed by atoms with Crippen molar-refractivity contribution in [1.29, 1.82) is 0 Å². The van der Waals surface area contributed by atoms with E-state index in [9.17, 15) is 13.6 Å². The first-order valence-corrected chi connectivity index (χ1v) is 6.99. The molecule has 0 saturated heterocycles. The maximum absolute atomic E-state index is 13.4. The predicted octanol–water partition coefficient (Wildman–Crippen LogP) is 3.51. The topological polar surface area (TPSA) is 39.2 Å². The van der Waals surface area contributed by atoms with Crippen molar-refractivity contribution in [2.75, 3.05) is 6.61 Å². The number of nitrogens with zero attached hydrogens (tertiary/aromatic N) is 1. The molecule has 0 spiro atoms. The smallest absolute Gasteiger partial charge is 0.306 e. The van der Waals surface area contributed by atoms with E-state index in [1.54, 1.807) is 18.5 Å². The van der Waals surface area contributed by atoms with Gasteiger partial charge < -0.3 is 4.74 Å². The summed E-state index contributed by atoms with van der Waals surface area (Å²) >= 11 is 1.36. The number of thiazole rings is 1. The summed E-state index contributed by atoms with van der Waals surface area (Å²) in [5.74, 6) is -2.67. The van der Waals surface area contributed by atoms with Crippen molar-refractivity contribution in [3.05, 3.63) is 52.0 Å². The van der Waals surface area contributed by atoms with Gasteiger partial charge in [-0.05, 0) is 24.6 Å². The average molecular weight is 297 g/mol. The van der Waals surface area contributed by atoms with Gasteiger partial charge >= 0.3 is 5.97 Å². The number of esters is 1. The normalized spacial score (nSPS) is 12.2. The Labute approximate surface area is 119 Å². The molecule has 6 heteroatoms. The first-order chi connectivity index (χ1) is 9.61. The van der Waals surface area contributed by atoms with Gasteiger partial charge in [0.25, 0.3) is 0 Å². The number of benzene rings is 1. The summed E-state index contributed by atoms with van der Waals surface area (Å²) < 4.78 is 31.3. The van der Waals surface area contributed by atoms with Gasteiger partial charge in [0, 0.05) is 17.5 Å². The third-order valence-corrected chi connectivity index (χ3v) is 3.66. The van der Waals surface area contributed by atoms with Crippen molar-refractivity contribution >= 4 is 17.3 Å². The number of aromatic nitrogens is 1. The van der Waals surface area contributed by atoms with Crippen molar-refractivity contribution in [3.63, 3.8) is 0 Å². The molecule has 0 aliphatic heterocycles. The van der Waals surface area contributed by atoms with Gasteiger partial charge in [0.05, 0.1) is 13.0 Å². The standard InChI is InChI=1S/C14H13F2NO2S/c1-2-19-13(18)8-10(14-17-5-6-20-14)9-3-4-11(15)12(16)7-9/h3-7,10H,2,8H2,1H3. The van der Waals surface area contributed by atoms with E-state index in [1.165, 1.54) is 17.4 Å². The predicted molar refractivity (Wildman–Crippen MR) is 71.6 cm³/mol. The van der Waals surface area contributed by atoms with Crippen molar-refractivity contribution in [1.82, 2.24) is 4.98 Å². The second-order valence-electron chi connectivity index (χ2n) is 4.11. The van der Waals surface area contributed by atoms with Crippen LogP contribution in [0, 0.1) is 11.6 Å². The molecule has 0 radical (unpaired) electrons. The largest absolute Gasteiger partial charge is 0.466 e. The van der Waals surface area contributed by atoms with E-state index in [0.717, 1.165) is 12.1 Å². The highest BCUT2D eigenvalue weighted by Gasteiger charge is 2.22. The van der Waals surface area contributed by atoms with Crippen molar-refractivity contribution in [2.24, 2.45) is 0 Å². The molecule has 1 unspecified atom stereocenters. The third-order valence-electron chi connectivity index (χ3n) is 2.77. The molecule has 1 aromatic heterocycles. The molecule has 0 bridgehead atoms. The minimum atomic E-state index is -0.937. The van der Waals surface area contributed by atoms with Gasteiger partial charge in [0.15, 0.2) is 11.6 Å². The number of carbonyl (C=O) groups is 1. The Morgan fingerprint density at radius 3 is 2.80 bits per heavy atom. The highest BCUT2D eigenvalue weighted by molar-refractivity contribution is 7.09. The van der Waals surface area contributed by atoms with Crippen LogP contribution in [-0.2, 0) is 9.53 Å². The molecule has 1 atom stereocenters. The fourth-order valence-corrected chi connectivity index (χ4v) is 2.64. The summed E-state index contributed by atoms with van der Waals surface area (Å²) in [6.07, 6.45) is 1.66. The van der Waals surface area contributed by atoms with E-state index in [0.29, 0.717) is 10.6 Å². The molecule has 0 amide bonds. The van der Waals surface area contributed by atoms with Crippen molar-refractivity contribution in [3.8, 4) is 0 Å². The molecule has 3 nitrogen and oxygen atoms in total. The number of hydrogen-bond acceptors (Lipinski definition) is 4. The molecule has 1 aromatic carbocycles. The SMILES string of the molecule is CCOC(=O)CC(c1ccc(F)c(F)c1)c1nccs1. The summed E-state index contributed by atoms with van der Waals surface area (Å²) in [4.78, 5) is 15.8. The van der Waals surface area contributed by atoms with E-state index < -0.39 is 23.5 Å². The molecular weight excluding hydrogens is 284 g/mol. The van der Waals surface area contributed by atoms with Gasteiger partial charge in [-0.1, -0.05) is 6.07 Å². The maximum atomic E-state index is 13.4. The van der Waals surface area contributed by atoms with E-state index in [4.69, 9.17) is 4.74 Å². The molecular formula is C14H13F2NO2S. The number of ether oxygens (including phenoxy) is 1. The van der Waals surface area contributed by atoms with Crippen LogP contribution < -0.4 is 0 Å². The molecule has 0 N–H and O–H groups in total.